The maximum Gasteiger partial charge on any atom is 0.347 e. The van der Waals surface area contributed by atoms with Crippen molar-refractivity contribution >= 4 is 11.9 Å². The molecule has 21 heavy (non-hydrogen) atoms. The lowest BCUT2D eigenvalue weighted by Gasteiger charge is -2.27. The zero-order valence-corrected chi connectivity index (χ0v) is 12.6. The summed E-state index contributed by atoms with van der Waals surface area (Å²) in [5, 5.41) is 12.0. The maximum atomic E-state index is 11.1. The number of nitrogens with one attached hydrogen (secondary N) is 1. The summed E-state index contributed by atoms with van der Waals surface area (Å²) in [7, 11) is 0. The van der Waals surface area contributed by atoms with Crippen molar-refractivity contribution in [1.82, 2.24) is 5.32 Å². The van der Waals surface area contributed by atoms with Crippen LogP contribution in [0, 0.1) is 0 Å². The fourth-order valence-electron chi connectivity index (χ4n) is 2.54. The Hall–Kier alpha value is -2.04. The predicted octanol–water partition coefficient (Wildman–Crippen LogP) is 1.92. The van der Waals surface area contributed by atoms with Gasteiger partial charge in [0, 0.05) is 13.0 Å². The second kappa shape index (κ2) is 5.76. The molecule has 114 valence electrons. The zero-order chi connectivity index (χ0) is 15.6. The van der Waals surface area contributed by atoms with Crippen LogP contribution < -0.4 is 10.1 Å². The standard InChI is InChI=1S/C16H21NO4/c1-10(18)17-13-6-4-12-9-14(7-5-11(12)8-13)21-16(2,3)15(19)20/h5,7,9,13H,4,6,8H2,1-3H3,(H,17,18)(H,19,20). The molecule has 1 unspecified atom stereocenters. The summed E-state index contributed by atoms with van der Waals surface area (Å²) in [6.07, 6.45) is 2.54. The first-order valence-electron chi connectivity index (χ1n) is 7.09. The number of hydrogen-bond acceptors (Lipinski definition) is 3. The van der Waals surface area contributed by atoms with E-state index in [9.17, 15) is 9.59 Å². The third kappa shape index (κ3) is 3.74. The van der Waals surface area contributed by atoms with E-state index < -0.39 is 11.6 Å². The van der Waals surface area contributed by atoms with Gasteiger partial charge in [-0.3, -0.25) is 4.79 Å². The van der Waals surface area contributed by atoms with Crippen LogP contribution in [0.4, 0.5) is 0 Å². The van der Waals surface area contributed by atoms with Crippen LogP contribution in [-0.2, 0) is 22.4 Å². The number of hydrogen-bond donors (Lipinski definition) is 2. The molecule has 1 atom stereocenters. The van der Waals surface area contributed by atoms with Crippen LogP contribution in [0.25, 0.3) is 0 Å². The molecule has 0 fully saturated rings. The summed E-state index contributed by atoms with van der Waals surface area (Å²) in [6.45, 7) is 4.59. The van der Waals surface area contributed by atoms with Crippen molar-refractivity contribution in [3.05, 3.63) is 29.3 Å². The number of ether oxygens (including phenoxy) is 1. The number of carboxylic acids is 1. The van der Waals surface area contributed by atoms with Gasteiger partial charge in [-0.05, 0) is 56.4 Å². The topological polar surface area (TPSA) is 75.6 Å². The van der Waals surface area contributed by atoms with Crippen LogP contribution in [0.1, 0.15) is 38.3 Å². The second-order valence-corrected chi connectivity index (χ2v) is 5.99. The minimum absolute atomic E-state index is 0.00777. The number of amides is 1. The van der Waals surface area contributed by atoms with Gasteiger partial charge in [0.25, 0.3) is 0 Å². The minimum atomic E-state index is -1.25. The van der Waals surface area contributed by atoms with Crippen molar-refractivity contribution < 1.29 is 19.4 Å². The van der Waals surface area contributed by atoms with Gasteiger partial charge in [-0.15, -0.1) is 0 Å². The van der Waals surface area contributed by atoms with Crippen molar-refractivity contribution in [3.63, 3.8) is 0 Å². The van der Waals surface area contributed by atoms with E-state index in [1.54, 1.807) is 6.07 Å². The molecule has 2 rings (SSSR count). The van der Waals surface area contributed by atoms with Crippen molar-refractivity contribution in [2.45, 2.75) is 51.7 Å². The molecule has 5 nitrogen and oxygen atoms in total. The van der Waals surface area contributed by atoms with Crippen LogP contribution in [0.15, 0.2) is 18.2 Å². The van der Waals surface area contributed by atoms with E-state index in [4.69, 9.17) is 9.84 Å². The summed E-state index contributed by atoms with van der Waals surface area (Å²) in [6, 6.07) is 5.83. The molecule has 1 aliphatic rings. The Bertz CT molecular complexity index is 565. The van der Waals surface area contributed by atoms with Gasteiger partial charge >= 0.3 is 5.97 Å². The Labute approximate surface area is 124 Å². The fourth-order valence-corrected chi connectivity index (χ4v) is 2.54. The van der Waals surface area contributed by atoms with Crippen molar-refractivity contribution in [3.8, 4) is 5.75 Å². The number of carboxylic acid groups (broad SMARTS) is 1. The summed E-state index contributed by atoms with van der Waals surface area (Å²) in [5.74, 6) is -0.434. The molecule has 1 aromatic rings. The van der Waals surface area contributed by atoms with Crippen LogP contribution in [0.5, 0.6) is 5.75 Å². The van der Waals surface area contributed by atoms with Crippen molar-refractivity contribution in [2.75, 3.05) is 0 Å². The molecular formula is C16H21NO4. The van der Waals surface area contributed by atoms with Crippen LogP contribution in [0.2, 0.25) is 0 Å². The summed E-state index contributed by atoms with van der Waals surface area (Å²) in [4.78, 5) is 22.2. The van der Waals surface area contributed by atoms with E-state index in [2.05, 4.69) is 5.32 Å². The zero-order valence-electron chi connectivity index (χ0n) is 12.6. The fraction of sp³-hybridized carbons (Fsp3) is 0.500. The quantitative estimate of drug-likeness (QED) is 0.888. The average Bonchev–Trinajstić information content (AvgIpc) is 2.37. The second-order valence-electron chi connectivity index (χ2n) is 5.99. The SMILES string of the molecule is CC(=O)NC1CCc2cc(OC(C)(C)C(=O)O)ccc2C1. The molecule has 0 spiro atoms. The highest BCUT2D eigenvalue weighted by atomic mass is 16.5. The maximum absolute atomic E-state index is 11.1. The molecule has 0 saturated heterocycles. The molecule has 0 heterocycles. The summed E-state index contributed by atoms with van der Waals surface area (Å²) in [5.41, 5.74) is 1.09. The highest BCUT2D eigenvalue weighted by molar-refractivity contribution is 5.76. The monoisotopic (exact) mass is 291 g/mol. The Kier molecular flexibility index (Phi) is 4.21. The molecule has 0 aliphatic heterocycles. The molecule has 2 N–H and O–H groups in total. The molecule has 1 amide bonds. The van der Waals surface area contributed by atoms with Gasteiger partial charge in [-0.25, -0.2) is 4.79 Å². The first kappa shape index (κ1) is 15.4. The predicted molar refractivity (Wildman–Crippen MR) is 78.4 cm³/mol. The van der Waals surface area contributed by atoms with Gasteiger partial charge in [-0.1, -0.05) is 6.07 Å². The third-order valence-electron chi connectivity index (χ3n) is 3.70. The van der Waals surface area contributed by atoms with E-state index in [-0.39, 0.29) is 11.9 Å². The van der Waals surface area contributed by atoms with Gasteiger partial charge < -0.3 is 15.2 Å². The average molecular weight is 291 g/mol. The number of fused-ring (bicyclic) bond motifs is 1. The lowest BCUT2D eigenvalue weighted by atomic mass is 9.88. The molecule has 0 bridgehead atoms. The summed E-state index contributed by atoms with van der Waals surface area (Å²) >= 11 is 0. The van der Waals surface area contributed by atoms with Crippen molar-refractivity contribution in [1.29, 1.82) is 0 Å². The van der Waals surface area contributed by atoms with Gasteiger partial charge in [0.15, 0.2) is 5.60 Å². The van der Waals surface area contributed by atoms with Crippen LogP contribution >= 0.6 is 0 Å². The normalized spacial score (nSPS) is 17.8. The van der Waals surface area contributed by atoms with E-state index in [0.29, 0.717) is 5.75 Å². The minimum Gasteiger partial charge on any atom is -0.478 e. The molecule has 0 saturated carbocycles. The molecule has 0 aromatic heterocycles. The Balaban J connectivity index is 2.11. The van der Waals surface area contributed by atoms with Crippen LogP contribution in [-0.4, -0.2) is 28.6 Å². The number of aliphatic carboxylic acids is 1. The van der Waals surface area contributed by atoms with Crippen molar-refractivity contribution in [2.24, 2.45) is 0 Å². The molecule has 0 radical (unpaired) electrons. The Morgan fingerprint density at radius 1 is 1.33 bits per heavy atom. The largest absolute Gasteiger partial charge is 0.478 e. The lowest BCUT2D eigenvalue weighted by Crippen LogP contribution is -2.38. The van der Waals surface area contributed by atoms with Gasteiger partial charge in [0.1, 0.15) is 5.75 Å². The molecule has 5 heteroatoms. The first-order valence-corrected chi connectivity index (χ1v) is 7.09. The first-order chi connectivity index (χ1) is 9.78. The molecule has 1 aromatic carbocycles. The van der Waals surface area contributed by atoms with Gasteiger partial charge in [-0.2, -0.15) is 0 Å². The Morgan fingerprint density at radius 2 is 2.05 bits per heavy atom. The summed E-state index contributed by atoms with van der Waals surface area (Å²) < 4.78 is 5.55. The lowest BCUT2D eigenvalue weighted by molar-refractivity contribution is -0.152. The highest BCUT2D eigenvalue weighted by Gasteiger charge is 2.30. The molecular weight excluding hydrogens is 270 g/mol. The van der Waals surface area contributed by atoms with E-state index in [1.165, 1.54) is 26.3 Å². The number of aryl methyl sites for hydroxylation is 1. The van der Waals surface area contributed by atoms with Gasteiger partial charge in [0.05, 0.1) is 0 Å². The Morgan fingerprint density at radius 3 is 2.67 bits per heavy atom. The van der Waals surface area contributed by atoms with Gasteiger partial charge in [0.2, 0.25) is 5.91 Å². The van der Waals surface area contributed by atoms with E-state index in [1.807, 2.05) is 12.1 Å². The number of benzene rings is 1. The third-order valence-corrected chi connectivity index (χ3v) is 3.70. The molecule has 1 aliphatic carbocycles. The number of carbonyl (C=O) groups is 2. The van der Waals surface area contributed by atoms with E-state index >= 15 is 0 Å². The highest BCUT2D eigenvalue weighted by Crippen LogP contribution is 2.27. The number of carbonyl (C=O) groups excluding carboxylic acids is 1. The number of rotatable bonds is 4. The van der Waals surface area contributed by atoms with Crippen LogP contribution in [0.3, 0.4) is 0 Å². The smallest absolute Gasteiger partial charge is 0.347 e. The van der Waals surface area contributed by atoms with E-state index in [0.717, 1.165) is 24.8 Å².